The smallest absolute Gasteiger partial charge is 0.158 e. The van der Waals surface area contributed by atoms with Crippen LogP contribution in [0.25, 0.3) is 0 Å². The largest absolute Gasteiger partial charge is 0.380 e. The van der Waals surface area contributed by atoms with Gasteiger partial charge in [-0.2, -0.15) is 0 Å². The average molecular weight is 261 g/mol. The minimum Gasteiger partial charge on any atom is -0.380 e. The molecule has 1 unspecified atom stereocenters. The summed E-state index contributed by atoms with van der Waals surface area (Å²) in [6.45, 7) is 14.2. The lowest BCUT2D eigenvalue weighted by atomic mass is 10.1. The first-order valence-electron chi connectivity index (χ1n) is 7.19. The second-order valence-electron chi connectivity index (χ2n) is 4.59. The Morgan fingerprint density at radius 2 is 1.56 bits per heavy atom. The third-order valence-electron chi connectivity index (χ3n) is 2.80. The Bertz CT molecular complexity index is 170. The van der Waals surface area contributed by atoms with E-state index in [-0.39, 0.29) is 6.29 Å². The monoisotopic (exact) mass is 261 g/mol. The van der Waals surface area contributed by atoms with E-state index in [2.05, 4.69) is 19.2 Å². The van der Waals surface area contributed by atoms with Crippen molar-refractivity contribution in [3.05, 3.63) is 0 Å². The molecule has 0 radical (unpaired) electrons. The van der Waals surface area contributed by atoms with Gasteiger partial charge in [-0.1, -0.05) is 13.8 Å². The van der Waals surface area contributed by atoms with E-state index in [1.54, 1.807) is 0 Å². The van der Waals surface area contributed by atoms with Gasteiger partial charge in [0.05, 0.1) is 6.61 Å². The predicted molar refractivity (Wildman–Crippen MR) is 74.8 cm³/mol. The molecule has 4 nitrogen and oxygen atoms in total. The highest BCUT2D eigenvalue weighted by Crippen LogP contribution is 2.04. The van der Waals surface area contributed by atoms with Crippen LogP contribution in [0, 0.1) is 5.92 Å². The molecule has 0 fully saturated rings. The number of hydrogen-bond donors (Lipinski definition) is 1. The van der Waals surface area contributed by atoms with Crippen LogP contribution in [0.2, 0.25) is 0 Å². The third kappa shape index (κ3) is 8.86. The van der Waals surface area contributed by atoms with Crippen LogP contribution in [0.5, 0.6) is 0 Å². The van der Waals surface area contributed by atoms with Crippen LogP contribution < -0.4 is 5.32 Å². The first-order valence-corrected chi connectivity index (χ1v) is 7.19. The lowest BCUT2D eigenvalue weighted by molar-refractivity contribution is -0.139. The summed E-state index contributed by atoms with van der Waals surface area (Å²) in [4.78, 5) is 0. The average Bonchev–Trinajstić information content (AvgIpc) is 2.33. The van der Waals surface area contributed by atoms with Gasteiger partial charge >= 0.3 is 0 Å². The van der Waals surface area contributed by atoms with E-state index >= 15 is 0 Å². The summed E-state index contributed by atoms with van der Waals surface area (Å²) in [5.41, 5.74) is 0. The van der Waals surface area contributed by atoms with Gasteiger partial charge < -0.3 is 19.5 Å². The topological polar surface area (TPSA) is 39.7 Å². The van der Waals surface area contributed by atoms with Gasteiger partial charge in [-0.15, -0.1) is 0 Å². The second-order valence-corrected chi connectivity index (χ2v) is 4.59. The maximum atomic E-state index is 5.51. The Balaban J connectivity index is 3.86. The molecule has 0 saturated carbocycles. The highest BCUT2D eigenvalue weighted by Gasteiger charge is 2.14. The molecule has 0 heterocycles. The number of nitrogens with one attached hydrogen (secondary N) is 1. The Hall–Kier alpha value is -0.160. The summed E-state index contributed by atoms with van der Waals surface area (Å²) in [6.07, 6.45) is 0.782. The van der Waals surface area contributed by atoms with Gasteiger partial charge in [-0.3, -0.25) is 0 Å². The zero-order valence-electron chi connectivity index (χ0n) is 12.7. The quantitative estimate of drug-likeness (QED) is 0.548. The van der Waals surface area contributed by atoms with Crippen LogP contribution in [0.4, 0.5) is 0 Å². The van der Waals surface area contributed by atoms with E-state index < -0.39 is 0 Å². The summed E-state index contributed by atoms with van der Waals surface area (Å²) < 4.78 is 16.5. The second kappa shape index (κ2) is 11.9. The summed E-state index contributed by atoms with van der Waals surface area (Å²) in [5.74, 6) is 0.564. The van der Waals surface area contributed by atoms with Crippen LogP contribution in [0.1, 0.15) is 41.0 Å². The SMILES string of the molecule is CCOCC(NCCC(OCC)OCC)C(C)C. The van der Waals surface area contributed by atoms with Crippen LogP contribution in [-0.2, 0) is 14.2 Å². The molecule has 4 heteroatoms. The first-order chi connectivity index (χ1) is 8.65. The van der Waals surface area contributed by atoms with Crippen LogP contribution in [0.15, 0.2) is 0 Å². The van der Waals surface area contributed by atoms with Crippen LogP contribution >= 0.6 is 0 Å². The fourth-order valence-electron chi connectivity index (χ4n) is 1.71. The van der Waals surface area contributed by atoms with Gasteiger partial charge in [-0.05, 0) is 26.7 Å². The summed E-state index contributed by atoms with van der Waals surface area (Å²) in [5, 5.41) is 3.52. The fourth-order valence-corrected chi connectivity index (χ4v) is 1.71. The van der Waals surface area contributed by atoms with Crippen molar-refractivity contribution in [1.29, 1.82) is 0 Å². The zero-order valence-corrected chi connectivity index (χ0v) is 12.7. The van der Waals surface area contributed by atoms with E-state index in [0.29, 0.717) is 25.2 Å². The van der Waals surface area contributed by atoms with E-state index in [0.717, 1.165) is 26.2 Å². The van der Waals surface area contributed by atoms with Crippen molar-refractivity contribution in [1.82, 2.24) is 5.32 Å². The molecule has 0 aliphatic heterocycles. The van der Waals surface area contributed by atoms with Crippen molar-refractivity contribution in [2.24, 2.45) is 5.92 Å². The van der Waals surface area contributed by atoms with Gasteiger partial charge in [-0.25, -0.2) is 0 Å². The zero-order chi connectivity index (χ0) is 13.8. The maximum absolute atomic E-state index is 5.51. The van der Waals surface area contributed by atoms with E-state index in [4.69, 9.17) is 14.2 Å². The van der Waals surface area contributed by atoms with Gasteiger partial charge in [0.1, 0.15) is 0 Å². The lowest BCUT2D eigenvalue weighted by Gasteiger charge is -2.24. The molecule has 0 aliphatic rings. The number of hydrogen-bond acceptors (Lipinski definition) is 4. The summed E-state index contributed by atoms with van der Waals surface area (Å²) in [6, 6.07) is 0.397. The molecule has 1 atom stereocenters. The standard InChI is InChI=1S/C14H31NO3/c1-6-16-11-13(12(4)5)15-10-9-14(17-7-2)18-8-3/h12-15H,6-11H2,1-5H3. The molecule has 110 valence electrons. The van der Waals surface area contributed by atoms with E-state index in [1.165, 1.54) is 0 Å². The van der Waals surface area contributed by atoms with Crippen molar-refractivity contribution >= 4 is 0 Å². The Kier molecular flexibility index (Phi) is 11.8. The Morgan fingerprint density at radius 1 is 0.944 bits per heavy atom. The molecule has 0 bridgehead atoms. The van der Waals surface area contributed by atoms with Crippen molar-refractivity contribution in [2.45, 2.75) is 53.4 Å². The van der Waals surface area contributed by atoms with Gasteiger partial charge in [0.2, 0.25) is 0 Å². The summed E-state index contributed by atoms with van der Waals surface area (Å²) >= 11 is 0. The molecule has 0 aromatic rings. The predicted octanol–water partition coefficient (Wildman–Crippen LogP) is 2.43. The number of ether oxygens (including phenoxy) is 3. The number of rotatable bonds is 12. The molecule has 0 saturated heterocycles. The minimum atomic E-state index is -0.0904. The molecular weight excluding hydrogens is 230 g/mol. The van der Waals surface area contributed by atoms with Gasteiger partial charge in [0.15, 0.2) is 6.29 Å². The van der Waals surface area contributed by atoms with Crippen molar-refractivity contribution in [2.75, 3.05) is 33.0 Å². The molecule has 0 rings (SSSR count). The van der Waals surface area contributed by atoms with E-state index in [1.807, 2.05) is 20.8 Å². The Labute approximate surface area is 112 Å². The van der Waals surface area contributed by atoms with Gasteiger partial charge in [0.25, 0.3) is 0 Å². The highest BCUT2D eigenvalue weighted by atomic mass is 16.7. The molecule has 0 aromatic carbocycles. The molecule has 0 aromatic heterocycles. The highest BCUT2D eigenvalue weighted by molar-refractivity contribution is 4.70. The molecule has 18 heavy (non-hydrogen) atoms. The maximum Gasteiger partial charge on any atom is 0.158 e. The summed E-state index contributed by atoms with van der Waals surface area (Å²) in [7, 11) is 0. The fraction of sp³-hybridized carbons (Fsp3) is 1.00. The van der Waals surface area contributed by atoms with Crippen LogP contribution in [-0.4, -0.2) is 45.3 Å². The molecular formula is C14H31NO3. The normalized spacial score (nSPS) is 13.5. The Morgan fingerprint density at radius 3 is 2.00 bits per heavy atom. The molecule has 0 aliphatic carbocycles. The van der Waals surface area contributed by atoms with Crippen molar-refractivity contribution in [3.8, 4) is 0 Å². The first kappa shape index (κ1) is 17.8. The van der Waals surface area contributed by atoms with Crippen molar-refractivity contribution < 1.29 is 14.2 Å². The molecule has 0 amide bonds. The van der Waals surface area contributed by atoms with Crippen molar-refractivity contribution in [3.63, 3.8) is 0 Å². The van der Waals surface area contributed by atoms with Crippen LogP contribution in [0.3, 0.4) is 0 Å². The third-order valence-corrected chi connectivity index (χ3v) is 2.80. The minimum absolute atomic E-state index is 0.0904. The van der Waals surface area contributed by atoms with E-state index in [9.17, 15) is 0 Å². The lowest BCUT2D eigenvalue weighted by Crippen LogP contribution is -2.39. The molecule has 1 N–H and O–H groups in total. The molecule has 0 spiro atoms. The van der Waals surface area contributed by atoms with Gasteiger partial charge in [0, 0.05) is 38.8 Å².